The average molecular weight is 292 g/mol. The Labute approximate surface area is 118 Å². The molecule has 3 rings (SSSR count). The first-order valence-electron chi connectivity index (χ1n) is 5.45. The van der Waals surface area contributed by atoms with Crippen LogP contribution in [0.3, 0.4) is 0 Å². The highest BCUT2D eigenvalue weighted by molar-refractivity contribution is 6.42. The normalized spacial score (nSPS) is 10.8. The molecule has 0 spiro atoms. The summed E-state index contributed by atoms with van der Waals surface area (Å²) in [5, 5.41) is 0.762. The number of pyridine rings is 1. The highest BCUT2D eigenvalue weighted by Crippen LogP contribution is 2.26. The van der Waals surface area contributed by atoms with E-state index in [2.05, 4.69) is 15.0 Å². The molecular formula is C13H7Cl2N3O. The summed E-state index contributed by atoms with van der Waals surface area (Å²) in [5.41, 5.74) is 1.56. The van der Waals surface area contributed by atoms with E-state index in [-0.39, 0.29) is 11.3 Å². The molecule has 4 nitrogen and oxygen atoms in total. The number of rotatable bonds is 1. The van der Waals surface area contributed by atoms with Gasteiger partial charge < -0.3 is 4.98 Å². The van der Waals surface area contributed by atoms with Gasteiger partial charge in [0.2, 0.25) is 0 Å². The number of nitrogens with one attached hydrogen (secondary N) is 1. The molecule has 0 aliphatic carbocycles. The molecule has 0 fully saturated rings. The summed E-state index contributed by atoms with van der Waals surface area (Å²) in [6.45, 7) is 0. The van der Waals surface area contributed by atoms with E-state index in [9.17, 15) is 4.79 Å². The zero-order chi connectivity index (χ0) is 13.4. The van der Waals surface area contributed by atoms with Crippen LogP contribution in [0.1, 0.15) is 0 Å². The minimum absolute atomic E-state index is 0.256. The van der Waals surface area contributed by atoms with Crippen molar-refractivity contribution in [3.8, 4) is 11.4 Å². The highest BCUT2D eigenvalue weighted by Gasteiger charge is 2.10. The summed E-state index contributed by atoms with van der Waals surface area (Å²) in [4.78, 5) is 23.1. The van der Waals surface area contributed by atoms with Crippen molar-refractivity contribution in [3.63, 3.8) is 0 Å². The summed E-state index contributed by atoms with van der Waals surface area (Å²) in [6, 6.07) is 8.48. The van der Waals surface area contributed by atoms with E-state index in [0.29, 0.717) is 26.8 Å². The number of benzene rings is 1. The predicted molar refractivity (Wildman–Crippen MR) is 75.6 cm³/mol. The molecule has 0 saturated carbocycles. The van der Waals surface area contributed by atoms with Crippen LogP contribution in [-0.4, -0.2) is 15.0 Å². The van der Waals surface area contributed by atoms with Gasteiger partial charge in [0.25, 0.3) is 5.56 Å². The third kappa shape index (κ3) is 2.20. The zero-order valence-electron chi connectivity index (χ0n) is 9.52. The van der Waals surface area contributed by atoms with Crippen LogP contribution >= 0.6 is 23.2 Å². The van der Waals surface area contributed by atoms with Gasteiger partial charge in [-0.2, -0.15) is 0 Å². The molecule has 0 bridgehead atoms. The van der Waals surface area contributed by atoms with Crippen LogP contribution in [0.25, 0.3) is 22.4 Å². The lowest BCUT2D eigenvalue weighted by Crippen LogP contribution is -2.12. The lowest BCUT2D eigenvalue weighted by Gasteiger charge is -2.03. The number of halogens is 2. The molecule has 0 aliphatic rings. The van der Waals surface area contributed by atoms with Crippen LogP contribution in [0.5, 0.6) is 0 Å². The van der Waals surface area contributed by atoms with Crippen molar-refractivity contribution in [3.05, 3.63) is 56.9 Å². The summed E-state index contributed by atoms with van der Waals surface area (Å²) >= 11 is 11.8. The van der Waals surface area contributed by atoms with Crippen LogP contribution in [0.2, 0.25) is 10.0 Å². The fourth-order valence-electron chi connectivity index (χ4n) is 1.76. The monoisotopic (exact) mass is 291 g/mol. The van der Waals surface area contributed by atoms with Gasteiger partial charge >= 0.3 is 0 Å². The van der Waals surface area contributed by atoms with Gasteiger partial charge in [-0.1, -0.05) is 29.3 Å². The van der Waals surface area contributed by atoms with Crippen LogP contribution in [-0.2, 0) is 0 Å². The van der Waals surface area contributed by atoms with Crippen LogP contribution in [0.4, 0.5) is 0 Å². The molecule has 0 amide bonds. The first kappa shape index (κ1) is 12.1. The van der Waals surface area contributed by atoms with Crippen molar-refractivity contribution < 1.29 is 0 Å². The molecule has 2 aromatic heterocycles. The van der Waals surface area contributed by atoms with E-state index in [0.717, 1.165) is 0 Å². The Kier molecular flexibility index (Phi) is 2.97. The van der Waals surface area contributed by atoms with E-state index >= 15 is 0 Å². The van der Waals surface area contributed by atoms with Crippen molar-refractivity contribution in [2.45, 2.75) is 0 Å². The second-order valence-corrected chi connectivity index (χ2v) is 4.73. The Hall–Kier alpha value is -1.91. The van der Waals surface area contributed by atoms with Gasteiger partial charge in [-0.3, -0.25) is 9.78 Å². The molecule has 0 atom stereocenters. The maximum absolute atomic E-state index is 12.0. The van der Waals surface area contributed by atoms with Gasteiger partial charge in [0.05, 0.1) is 26.8 Å². The zero-order valence-corrected chi connectivity index (χ0v) is 11.0. The Morgan fingerprint density at radius 1 is 1.11 bits per heavy atom. The maximum Gasteiger partial charge on any atom is 0.276 e. The average Bonchev–Trinajstić information content (AvgIpc) is 2.41. The topological polar surface area (TPSA) is 58.6 Å². The highest BCUT2D eigenvalue weighted by atomic mass is 35.5. The molecule has 0 aliphatic heterocycles. The van der Waals surface area contributed by atoms with Crippen LogP contribution in [0, 0.1) is 0 Å². The van der Waals surface area contributed by atoms with Gasteiger partial charge in [0.15, 0.2) is 5.69 Å². The van der Waals surface area contributed by atoms with Crippen LogP contribution < -0.4 is 5.56 Å². The molecule has 19 heavy (non-hydrogen) atoms. The van der Waals surface area contributed by atoms with E-state index < -0.39 is 0 Å². The second-order valence-electron chi connectivity index (χ2n) is 3.91. The minimum Gasteiger partial charge on any atom is -0.319 e. The molecule has 2 heterocycles. The molecule has 6 heteroatoms. The fraction of sp³-hybridized carbons (Fsp3) is 0. The van der Waals surface area contributed by atoms with Crippen molar-refractivity contribution in [2.24, 2.45) is 0 Å². The predicted octanol–water partition coefficient (Wildman–Crippen LogP) is 3.29. The number of hydrogen-bond acceptors (Lipinski definition) is 3. The van der Waals surface area contributed by atoms with Gasteiger partial charge in [0, 0.05) is 6.20 Å². The number of fused-ring (bicyclic) bond motifs is 1. The maximum atomic E-state index is 12.0. The molecule has 1 N–H and O–H groups in total. The number of hydrogen-bond donors (Lipinski definition) is 1. The smallest absolute Gasteiger partial charge is 0.276 e. The van der Waals surface area contributed by atoms with E-state index in [1.54, 1.807) is 36.5 Å². The lowest BCUT2D eigenvalue weighted by atomic mass is 10.2. The first-order chi connectivity index (χ1) is 9.15. The Morgan fingerprint density at radius 2 is 1.89 bits per heavy atom. The Balaban J connectivity index is 2.31. The molecule has 0 radical (unpaired) electrons. The SMILES string of the molecule is O=c1[nH]c2cc(Cl)c(Cl)cc2nc1-c1ccccn1. The van der Waals surface area contributed by atoms with Crippen molar-refractivity contribution >= 4 is 34.2 Å². The molecule has 0 unspecified atom stereocenters. The first-order valence-corrected chi connectivity index (χ1v) is 6.21. The molecule has 3 aromatic rings. The second kappa shape index (κ2) is 4.64. The number of aromatic nitrogens is 3. The summed E-state index contributed by atoms with van der Waals surface area (Å²) in [6.07, 6.45) is 1.61. The van der Waals surface area contributed by atoms with Gasteiger partial charge in [-0.15, -0.1) is 0 Å². The third-order valence-corrected chi connectivity index (χ3v) is 3.36. The van der Waals surface area contributed by atoms with E-state index in [1.807, 2.05) is 0 Å². The van der Waals surface area contributed by atoms with Crippen molar-refractivity contribution in [1.29, 1.82) is 0 Å². The Bertz CT molecular complexity index is 815. The van der Waals surface area contributed by atoms with Gasteiger partial charge in [-0.05, 0) is 24.3 Å². The molecule has 0 saturated heterocycles. The fourth-order valence-corrected chi connectivity index (χ4v) is 2.08. The molecule has 94 valence electrons. The molecular weight excluding hydrogens is 285 g/mol. The summed E-state index contributed by atoms with van der Waals surface area (Å²) in [5.74, 6) is 0. The summed E-state index contributed by atoms with van der Waals surface area (Å²) in [7, 11) is 0. The number of H-pyrrole nitrogens is 1. The van der Waals surface area contributed by atoms with E-state index in [4.69, 9.17) is 23.2 Å². The minimum atomic E-state index is -0.315. The van der Waals surface area contributed by atoms with Gasteiger partial charge in [-0.25, -0.2) is 4.98 Å². The largest absolute Gasteiger partial charge is 0.319 e. The van der Waals surface area contributed by atoms with Crippen molar-refractivity contribution in [2.75, 3.05) is 0 Å². The third-order valence-electron chi connectivity index (χ3n) is 2.64. The standard InChI is InChI=1S/C13H7Cl2N3O/c14-7-5-10-11(6-8(7)15)18-13(19)12(17-10)9-3-1-2-4-16-9/h1-6H,(H,18,19). The quantitative estimate of drug-likeness (QED) is 0.748. The lowest BCUT2D eigenvalue weighted by molar-refractivity contribution is 1.18. The van der Waals surface area contributed by atoms with Crippen molar-refractivity contribution in [1.82, 2.24) is 15.0 Å². The molecule has 1 aromatic carbocycles. The number of aromatic amines is 1. The Morgan fingerprint density at radius 3 is 2.63 bits per heavy atom. The van der Waals surface area contributed by atoms with E-state index in [1.165, 1.54) is 0 Å². The van der Waals surface area contributed by atoms with Gasteiger partial charge in [0.1, 0.15) is 0 Å². The van der Waals surface area contributed by atoms with Crippen LogP contribution in [0.15, 0.2) is 41.3 Å². The number of nitrogens with zero attached hydrogens (tertiary/aromatic N) is 2. The summed E-state index contributed by atoms with van der Waals surface area (Å²) < 4.78 is 0.